The first-order valence-electron chi connectivity index (χ1n) is 7.36. The SMILES string of the molecule is NC1NC(O)C2NCN(C3OC(CO)C(O[P+](O)(O)O)C3O)C2N1. The maximum Gasteiger partial charge on any atom is 0.567 e. The molecule has 8 unspecified atom stereocenters. The van der Waals surface area contributed by atoms with Crippen LogP contribution in [0.15, 0.2) is 0 Å². The molecule has 0 radical (unpaired) electrons. The molecule has 0 aromatic carbocycles. The van der Waals surface area contributed by atoms with Crippen LogP contribution in [0.1, 0.15) is 0 Å². The molecule has 24 heavy (non-hydrogen) atoms. The molecular weight excluding hydrogens is 349 g/mol. The average molecular weight is 372 g/mol. The fourth-order valence-electron chi connectivity index (χ4n) is 3.31. The van der Waals surface area contributed by atoms with Crippen LogP contribution in [-0.4, -0.2) is 97.4 Å². The van der Waals surface area contributed by atoms with Gasteiger partial charge in [-0.1, -0.05) is 0 Å². The van der Waals surface area contributed by atoms with Gasteiger partial charge in [0.15, 0.2) is 6.10 Å². The summed E-state index contributed by atoms with van der Waals surface area (Å²) < 4.78 is 10.2. The van der Waals surface area contributed by atoms with Crippen LogP contribution in [0.25, 0.3) is 0 Å². The number of nitrogens with zero attached hydrogens (tertiary/aromatic N) is 1. The van der Waals surface area contributed by atoms with Crippen molar-refractivity contribution >= 4 is 8.17 Å². The number of fused-ring (bicyclic) bond motifs is 1. The Bertz CT molecular complexity index is 457. The van der Waals surface area contributed by atoms with E-state index in [9.17, 15) is 15.3 Å². The number of rotatable bonds is 4. The summed E-state index contributed by atoms with van der Waals surface area (Å²) in [5, 5.41) is 38.5. The van der Waals surface area contributed by atoms with Crippen molar-refractivity contribution in [2.75, 3.05) is 13.3 Å². The van der Waals surface area contributed by atoms with Crippen LogP contribution in [-0.2, 0) is 9.26 Å². The van der Waals surface area contributed by atoms with Crippen molar-refractivity contribution in [3.63, 3.8) is 0 Å². The highest BCUT2D eigenvalue weighted by molar-refractivity contribution is 7.53. The van der Waals surface area contributed by atoms with Gasteiger partial charge < -0.3 is 25.8 Å². The second kappa shape index (κ2) is 6.90. The summed E-state index contributed by atoms with van der Waals surface area (Å²) >= 11 is 0. The van der Waals surface area contributed by atoms with Crippen LogP contribution >= 0.6 is 8.17 Å². The van der Waals surface area contributed by atoms with E-state index in [0.717, 1.165) is 0 Å². The highest BCUT2D eigenvalue weighted by Crippen LogP contribution is 2.49. The van der Waals surface area contributed by atoms with Crippen molar-refractivity contribution in [2.24, 2.45) is 5.73 Å². The van der Waals surface area contributed by atoms with Crippen LogP contribution in [0.5, 0.6) is 0 Å². The van der Waals surface area contributed by atoms with E-state index in [4.69, 9.17) is 25.2 Å². The van der Waals surface area contributed by atoms with Crippen molar-refractivity contribution in [2.45, 2.75) is 49.3 Å². The third kappa shape index (κ3) is 3.56. The molecule has 3 rings (SSSR count). The highest BCUT2D eigenvalue weighted by Gasteiger charge is 2.57. The van der Waals surface area contributed by atoms with E-state index in [2.05, 4.69) is 20.5 Å². The van der Waals surface area contributed by atoms with Gasteiger partial charge in [-0.15, -0.1) is 4.52 Å². The molecule has 3 aliphatic heterocycles. The van der Waals surface area contributed by atoms with Crippen molar-refractivity contribution < 1.29 is 39.3 Å². The van der Waals surface area contributed by atoms with Gasteiger partial charge in [0.1, 0.15) is 31.0 Å². The molecule has 140 valence electrons. The largest absolute Gasteiger partial charge is 0.567 e. The molecule has 3 heterocycles. The average Bonchev–Trinajstić information content (AvgIpc) is 3.00. The lowest BCUT2D eigenvalue weighted by Crippen LogP contribution is -2.72. The molecule has 0 saturated carbocycles. The van der Waals surface area contributed by atoms with Gasteiger partial charge in [-0.2, -0.15) is 14.7 Å². The van der Waals surface area contributed by atoms with Gasteiger partial charge >= 0.3 is 8.17 Å². The molecule has 13 nitrogen and oxygen atoms in total. The number of nitrogens with one attached hydrogen (secondary N) is 3. The molecule has 0 aromatic heterocycles. The summed E-state index contributed by atoms with van der Waals surface area (Å²) in [7, 11) is -4.63. The lowest BCUT2D eigenvalue weighted by molar-refractivity contribution is -0.117. The molecule has 0 aliphatic carbocycles. The van der Waals surface area contributed by atoms with Crippen LogP contribution in [0.4, 0.5) is 0 Å². The molecule has 11 N–H and O–H groups in total. The quantitative estimate of drug-likeness (QED) is 0.209. The van der Waals surface area contributed by atoms with E-state index in [0.29, 0.717) is 0 Å². The van der Waals surface area contributed by atoms with Gasteiger partial charge in [0.2, 0.25) is 0 Å². The highest BCUT2D eigenvalue weighted by atomic mass is 31.2. The Morgan fingerprint density at radius 3 is 2.58 bits per heavy atom. The van der Waals surface area contributed by atoms with Gasteiger partial charge in [-0.25, -0.2) is 4.90 Å². The lowest BCUT2D eigenvalue weighted by Gasteiger charge is -2.40. The summed E-state index contributed by atoms with van der Waals surface area (Å²) in [6.45, 7) is -0.344. The number of hydrogen-bond acceptors (Lipinski definition) is 13. The zero-order valence-corrected chi connectivity index (χ0v) is 13.4. The smallest absolute Gasteiger partial charge is 0.394 e. The molecule has 3 aliphatic rings. The number of nitrogens with two attached hydrogens (primary N) is 1. The summed E-state index contributed by atoms with van der Waals surface area (Å²) in [6, 6.07) is -0.437. The maximum absolute atomic E-state index is 10.4. The number of aliphatic hydroxyl groups excluding tert-OH is 3. The Labute approximate surface area is 137 Å². The summed E-state index contributed by atoms with van der Waals surface area (Å²) in [5.74, 6) is 0. The first kappa shape index (κ1) is 18.7. The zero-order valence-electron chi connectivity index (χ0n) is 12.5. The van der Waals surface area contributed by atoms with Crippen LogP contribution in [0.2, 0.25) is 0 Å². The third-order valence-electron chi connectivity index (χ3n) is 4.33. The monoisotopic (exact) mass is 372 g/mol. The number of hydrogen-bond donors (Lipinski definition) is 10. The molecule has 0 bridgehead atoms. The Morgan fingerprint density at radius 2 is 1.96 bits per heavy atom. The zero-order chi connectivity index (χ0) is 17.6. The molecule has 0 aromatic rings. The number of aliphatic hydroxyl groups is 3. The molecule has 0 spiro atoms. The minimum absolute atomic E-state index is 0.220. The predicted molar refractivity (Wildman–Crippen MR) is 77.9 cm³/mol. The normalized spacial score (nSPS) is 47.1. The first-order valence-corrected chi connectivity index (χ1v) is 8.93. The Morgan fingerprint density at radius 1 is 1.25 bits per heavy atom. The fourth-order valence-corrected chi connectivity index (χ4v) is 3.90. The molecule has 0 amide bonds. The summed E-state index contributed by atoms with van der Waals surface area (Å²) in [4.78, 5) is 28.8. The summed E-state index contributed by atoms with van der Waals surface area (Å²) in [6.07, 6.45) is -6.91. The second-order valence-electron chi connectivity index (χ2n) is 5.92. The van der Waals surface area contributed by atoms with Crippen molar-refractivity contribution in [1.29, 1.82) is 0 Å². The third-order valence-corrected chi connectivity index (χ3v) is 4.85. The van der Waals surface area contributed by atoms with E-state index >= 15 is 0 Å². The van der Waals surface area contributed by atoms with Gasteiger partial charge in [0, 0.05) is 0 Å². The van der Waals surface area contributed by atoms with E-state index < -0.39 is 64.0 Å². The number of ether oxygens (including phenoxy) is 1. The first-order chi connectivity index (χ1) is 11.2. The standard InChI is InChI=1S/C10H23N5O8P/c11-10-13-7-4(8(18)14-10)12-2-15(7)9-5(17)6(3(1-16)22-9)23-24(19,20)21/h3-10,12-14,16-21H,1-2,11H2/q+1. The topological polar surface area (TPSA) is 205 Å². The minimum atomic E-state index is -4.63. The van der Waals surface area contributed by atoms with E-state index in [1.54, 1.807) is 4.90 Å². The molecule has 3 saturated heterocycles. The van der Waals surface area contributed by atoms with Crippen molar-refractivity contribution in [1.82, 2.24) is 20.9 Å². The second-order valence-corrected chi connectivity index (χ2v) is 7.16. The molecule has 8 atom stereocenters. The van der Waals surface area contributed by atoms with Crippen LogP contribution < -0.4 is 21.7 Å². The predicted octanol–water partition coefficient (Wildman–Crippen LogP) is -5.58. The van der Waals surface area contributed by atoms with Crippen molar-refractivity contribution in [3.05, 3.63) is 0 Å². The Kier molecular flexibility index (Phi) is 5.38. The molecule has 14 heteroatoms. The van der Waals surface area contributed by atoms with Crippen molar-refractivity contribution in [3.8, 4) is 0 Å². The van der Waals surface area contributed by atoms with E-state index in [1.165, 1.54) is 0 Å². The maximum atomic E-state index is 10.4. The lowest BCUT2D eigenvalue weighted by atomic mass is 10.1. The minimum Gasteiger partial charge on any atom is -0.394 e. The van der Waals surface area contributed by atoms with Gasteiger partial charge in [-0.05, 0) is 0 Å². The van der Waals surface area contributed by atoms with E-state index in [1.807, 2.05) is 0 Å². The molecular formula is C10H23N5O8P+. The summed E-state index contributed by atoms with van der Waals surface area (Å²) in [5.41, 5.74) is 5.74. The van der Waals surface area contributed by atoms with Gasteiger partial charge in [-0.3, -0.25) is 16.0 Å². The molecule has 3 fully saturated rings. The van der Waals surface area contributed by atoms with Gasteiger partial charge in [0.25, 0.3) is 0 Å². The Balaban J connectivity index is 1.75. The van der Waals surface area contributed by atoms with Gasteiger partial charge in [0.05, 0.1) is 25.5 Å². The Hall–Kier alpha value is -0.0900. The fraction of sp³-hybridized carbons (Fsp3) is 1.00. The van der Waals surface area contributed by atoms with E-state index in [-0.39, 0.29) is 6.67 Å². The van der Waals surface area contributed by atoms with Crippen LogP contribution in [0.3, 0.4) is 0 Å². The van der Waals surface area contributed by atoms with Crippen LogP contribution in [0, 0.1) is 0 Å².